The van der Waals surface area contributed by atoms with Crippen molar-refractivity contribution in [2.45, 2.75) is 19.3 Å². The molecule has 3 atom stereocenters. The quantitative estimate of drug-likeness (QED) is 0.614. The van der Waals surface area contributed by atoms with Gasteiger partial charge in [0.15, 0.2) is 0 Å². The van der Waals surface area contributed by atoms with Gasteiger partial charge < -0.3 is 5.32 Å². The van der Waals surface area contributed by atoms with E-state index in [1.54, 1.807) is 6.92 Å². The number of alkyl halides is 2. The molecule has 1 nitrogen and oxygen atoms in total. The standard InChI is InChI=1S/C8H13F2N/c1-5-7(8(5,9)10)6-2-3-11-4-6/h5-7,11H,2-4H2,1H3. The van der Waals surface area contributed by atoms with Crippen LogP contribution >= 0.6 is 0 Å². The maximum Gasteiger partial charge on any atom is 0.254 e. The van der Waals surface area contributed by atoms with Gasteiger partial charge in [0.25, 0.3) is 5.92 Å². The van der Waals surface area contributed by atoms with Crippen molar-refractivity contribution >= 4 is 0 Å². The Morgan fingerprint density at radius 1 is 1.45 bits per heavy atom. The SMILES string of the molecule is CC1C(C2CCNC2)C1(F)F. The molecule has 1 saturated carbocycles. The third kappa shape index (κ3) is 0.975. The molecule has 3 unspecified atom stereocenters. The van der Waals surface area contributed by atoms with E-state index >= 15 is 0 Å². The van der Waals surface area contributed by atoms with Gasteiger partial charge in [0.1, 0.15) is 0 Å². The van der Waals surface area contributed by atoms with Gasteiger partial charge in [0.2, 0.25) is 0 Å². The topological polar surface area (TPSA) is 12.0 Å². The molecule has 3 heteroatoms. The van der Waals surface area contributed by atoms with Gasteiger partial charge in [-0.15, -0.1) is 0 Å². The van der Waals surface area contributed by atoms with Crippen LogP contribution in [-0.4, -0.2) is 19.0 Å². The Hall–Kier alpha value is -0.180. The maximum atomic E-state index is 12.8. The zero-order valence-electron chi connectivity index (χ0n) is 6.61. The van der Waals surface area contributed by atoms with Gasteiger partial charge in [-0.3, -0.25) is 0 Å². The van der Waals surface area contributed by atoms with Crippen LogP contribution in [0.3, 0.4) is 0 Å². The van der Waals surface area contributed by atoms with Crippen LogP contribution in [0, 0.1) is 17.8 Å². The highest BCUT2D eigenvalue weighted by molar-refractivity contribution is 5.07. The highest BCUT2D eigenvalue weighted by Gasteiger charge is 2.67. The van der Waals surface area contributed by atoms with Gasteiger partial charge in [-0.25, -0.2) is 8.78 Å². The van der Waals surface area contributed by atoms with Crippen molar-refractivity contribution < 1.29 is 8.78 Å². The Morgan fingerprint density at radius 3 is 2.45 bits per heavy atom. The summed E-state index contributed by atoms with van der Waals surface area (Å²) in [6.07, 6.45) is 0.935. The zero-order valence-corrected chi connectivity index (χ0v) is 6.61. The summed E-state index contributed by atoms with van der Waals surface area (Å²) in [6, 6.07) is 0. The first-order valence-electron chi connectivity index (χ1n) is 4.22. The molecule has 0 amide bonds. The van der Waals surface area contributed by atoms with Crippen molar-refractivity contribution in [2.75, 3.05) is 13.1 Å². The van der Waals surface area contributed by atoms with E-state index in [9.17, 15) is 8.78 Å². The lowest BCUT2D eigenvalue weighted by molar-refractivity contribution is 0.0772. The first kappa shape index (κ1) is 7.47. The molecule has 0 radical (unpaired) electrons. The van der Waals surface area contributed by atoms with Crippen LogP contribution in [0.4, 0.5) is 8.78 Å². The van der Waals surface area contributed by atoms with Crippen molar-refractivity contribution in [3.05, 3.63) is 0 Å². The van der Waals surface area contributed by atoms with Crippen molar-refractivity contribution in [1.82, 2.24) is 5.32 Å². The van der Waals surface area contributed by atoms with Crippen LogP contribution in [0.1, 0.15) is 13.3 Å². The van der Waals surface area contributed by atoms with E-state index in [1.807, 2.05) is 0 Å². The van der Waals surface area contributed by atoms with Crippen molar-refractivity contribution in [3.8, 4) is 0 Å². The Morgan fingerprint density at radius 2 is 2.09 bits per heavy atom. The van der Waals surface area contributed by atoms with E-state index in [0.29, 0.717) is 0 Å². The Labute approximate surface area is 65.2 Å². The van der Waals surface area contributed by atoms with Gasteiger partial charge in [-0.2, -0.15) is 0 Å². The third-order valence-electron chi connectivity index (χ3n) is 3.09. The van der Waals surface area contributed by atoms with Crippen LogP contribution < -0.4 is 5.32 Å². The lowest BCUT2D eigenvalue weighted by Crippen LogP contribution is -2.13. The fourth-order valence-corrected chi connectivity index (χ4v) is 2.22. The molecule has 0 aromatic heterocycles. The van der Waals surface area contributed by atoms with E-state index in [-0.39, 0.29) is 17.8 Å². The van der Waals surface area contributed by atoms with Crippen LogP contribution in [-0.2, 0) is 0 Å². The van der Waals surface area contributed by atoms with E-state index in [1.165, 1.54) is 0 Å². The maximum absolute atomic E-state index is 12.8. The average molecular weight is 161 g/mol. The number of hydrogen-bond acceptors (Lipinski definition) is 1. The number of rotatable bonds is 1. The zero-order chi connectivity index (χ0) is 8.06. The molecule has 2 aliphatic rings. The smallest absolute Gasteiger partial charge is 0.254 e. The molecule has 1 saturated heterocycles. The minimum atomic E-state index is -2.35. The van der Waals surface area contributed by atoms with Crippen LogP contribution in [0.2, 0.25) is 0 Å². The number of halogens is 2. The largest absolute Gasteiger partial charge is 0.316 e. The molecule has 2 fully saturated rings. The molecule has 11 heavy (non-hydrogen) atoms. The summed E-state index contributed by atoms with van der Waals surface area (Å²) < 4.78 is 25.6. The highest BCUT2D eigenvalue weighted by Crippen LogP contribution is 2.59. The Bertz CT molecular complexity index is 163. The summed E-state index contributed by atoms with van der Waals surface area (Å²) >= 11 is 0. The fraction of sp³-hybridized carbons (Fsp3) is 1.00. The molecule has 1 heterocycles. The minimum absolute atomic E-state index is 0.236. The average Bonchev–Trinajstić information content (AvgIpc) is 2.40. The van der Waals surface area contributed by atoms with Crippen molar-refractivity contribution in [2.24, 2.45) is 17.8 Å². The molecule has 0 aromatic carbocycles. The van der Waals surface area contributed by atoms with Gasteiger partial charge >= 0.3 is 0 Å². The van der Waals surface area contributed by atoms with Gasteiger partial charge in [-0.05, 0) is 25.4 Å². The second kappa shape index (κ2) is 2.16. The Balaban J connectivity index is 1.98. The predicted molar refractivity (Wildman–Crippen MR) is 38.6 cm³/mol. The summed E-state index contributed by atoms with van der Waals surface area (Å²) in [6.45, 7) is 3.37. The fourth-order valence-electron chi connectivity index (χ4n) is 2.22. The predicted octanol–water partition coefficient (Wildman–Crippen LogP) is 1.50. The van der Waals surface area contributed by atoms with E-state index < -0.39 is 5.92 Å². The van der Waals surface area contributed by atoms with Crippen LogP contribution in [0.15, 0.2) is 0 Å². The van der Waals surface area contributed by atoms with E-state index in [2.05, 4.69) is 5.32 Å². The molecular formula is C8H13F2N. The molecule has 1 aliphatic heterocycles. The normalized spacial score (nSPS) is 47.7. The second-order valence-electron chi connectivity index (χ2n) is 3.74. The molecule has 1 aliphatic carbocycles. The summed E-state index contributed by atoms with van der Waals surface area (Å²) in [4.78, 5) is 0. The lowest BCUT2D eigenvalue weighted by Gasteiger charge is -2.04. The summed E-state index contributed by atoms with van der Waals surface area (Å²) in [5.74, 6) is -2.80. The minimum Gasteiger partial charge on any atom is -0.316 e. The first-order chi connectivity index (χ1) is 5.14. The molecular weight excluding hydrogens is 148 g/mol. The second-order valence-corrected chi connectivity index (χ2v) is 3.74. The third-order valence-corrected chi connectivity index (χ3v) is 3.09. The molecule has 0 bridgehead atoms. The molecule has 0 spiro atoms. The number of hydrogen-bond donors (Lipinski definition) is 1. The van der Waals surface area contributed by atoms with Gasteiger partial charge in [0.05, 0.1) is 0 Å². The first-order valence-corrected chi connectivity index (χ1v) is 4.22. The molecule has 0 aromatic rings. The molecule has 64 valence electrons. The summed E-state index contributed by atoms with van der Waals surface area (Å²) in [7, 11) is 0. The Kier molecular flexibility index (Phi) is 1.46. The van der Waals surface area contributed by atoms with Crippen LogP contribution in [0.5, 0.6) is 0 Å². The van der Waals surface area contributed by atoms with Gasteiger partial charge in [0, 0.05) is 11.8 Å². The molecule has 1 N–H and O–H groups in total. The summed E-state index contributed by atoms with van der Waals surface area (Å²) in [5.41, 5.74) is 0. The lowest BCUT2D eigenvalue weighted by atomic mass is 10.0. The van der Waals surface area contributed by atoms with E-state index in [0.717, 1.165) is 19.5 Å². The molecule has 2 rings (SSSR count). The van der Waals surface area contributed by atoms with E-state index in [4.69, 9.17) is 0 Å². The van der Waals surface area contributed by atoms with Crippen molar-refractivity contribution in [1.29, 1.82) is 0 Å². The van der Waals surface area contributed by atoms with Crippen LogP contribution in [0.25, 0.3) is 0 Å². The van der Waals surface area contributed by atoms with Gasteiger partial charge in [-0.1, -0.05) is 6.92 Å². The van der Waals surface area contributed by atoms with Crippen molar-refractivity contribution in [3.63, 3.8) is 0 Å². The summed E-state index contributed by atoms with van der Waals surface area (Å²) in [5, 5.41) is 3.12. The highest BCUT2D eigenvalue weighted by atomic mass is 19.3. The number of nitrogens with one attached hydrogen (secondary N) is 1. The monoisotopic (exact) mass is 161 g/mol.